The molecule has 0 aliphatic carbocycles. The quantitative estimate of drug-likeness (QED) is 0.328. The Morgan fingerprint density at radius 3 is 2.90 bits per heavy atom. The monoisotopic (exact) mass is 308 g/mol. The third-order valence-corrected chi connectivity index (χ3v) is 4.24. The Labute approximate surface area is 133 Å². The molecule has 0 unspecified atom stereocenters. The third-order valence-electron chi connectivity index (χ3n) is 3.32. The summed E-state index contributed by atoms with van der Waals surface area (Å²) < 4.78 is 0. The van der Waals surface area contributed by atoms with Gasteiger partial charge in [0.15, 0.2) is 5.96 Å². The number of nitrogens with zero attached hydrogens (tertiary/aromatic N) is 3. The van der Waals surface area contributed by atoms with Crippen molar-refractivity contribution in [3.63, 3.8) is 0 Å². The second-order valence-electron chi connectivity index (χ2n) is 5.09. The average molecular weight is 308 g/mol. The molecule has 1 N–H and O–H groups in total. The van der Waals surface area contributed by atoms with Gasteiger partial charge in [0.1, 0.15) is 0 Å². The number of aromatic nitrogens is 1. The maximum atomic E-state index is 4.72. The lowest BCUT2D eigenvalue weighted by atomic mass is 10.2. The first-order chi connectivity index (χ1) is 10.2. The van der Waals surface area contributed by atoms with Crippen molar-refractivity contribution in [1.29, 1.82) is 0 Å². The number of aliphatic imine (C=N–C) groups is 1. The molecule has 5 heteroatoms. The number of hydrogen-bond donors (Lipinski definition) is 1. The topological polar surface area (TPSA) is 40.5 Å². The van der Waals surface area contributed by atoms with Gasteiger partial charge in [0.2, 0.25) is 0 Å². The van der Waals surface area contributed by atoms with Gasteiger partial charge >= 0.3 is 0 Å². The molecule has 1 aromatic rings. The number of hydrogen-bond acceptors (Lipinski definition) is 3. The number of nitrogens with one attached hydrogen (secondary N) is 1. The molecule has 21 heavy (non-hydrogen) atoms. The van der Waals surface area contributed by atoms with E-state index in [1.54, 1.807) is 11.3 Å². The van der Waals surface area contributed by atoms with Gasteiger partial charge in [0, 0.05) is 25.0 Å². The standard InChI is InChI=1S/C16H28N4S/c1-5-7-8-9-10-11-20(4)16(17-6-2)18-12-15-14(3)19-13-21-15/h5,13H,1,6-12H2,2-4H3,(H,17,18). The highest BCUT2D eigenvalue weighted by Gasteiger charge is 2.06. The van der Waals surface area contributed by atoms with E-state index in [-0.39, 0.29) is 0 Å². The molecule has 0 fully saturated rings. The zero-order chi connectivity index (χ0) is 15.5. The van der Waals surface area contributed by atoms with Crippen LogP contribution in [0.4, 0.5) is 0 Å². The van der Waals surface area contributed by atoms with Gasteiger partial charge in [0.25, 0.3) is 0 Å². The van der Waals surface area contributed by atoms with E-state index < -0.39 is 0 Å². The molecule has 0 radical (unpaired) electrons. The molecule has 0 saturated carbocycles. The van der Waals surface area contributed by atoms with Crippen LogP contribution in [0.15, 0.2) is 23.2 Å². The minimum absolute atomic E-state index is 0.708. The second kappa shape index (κ2) is 10.4. The lowest BCUT2D eigenvalue weighted by molar-refractivity contribution is 0.455. The first kappa shape index (κ1) is 17.7. The fourth-order valence-electron chi connectivity index (χ4n) is 2.01. The molecule has 0 aliphatic heterocycles. The Hall–Kier alpha value is -1.36. The number of aryl methyl sites for hydroxylation is 1. The molecule has 0 aromatic carbocycles. The van der Waals surface area contributed by atoms with Gasteiger partial charge in [0.05, 0.1) is 17.7 Å². The summed E-state index contributed by atoms with van der Waals surface area (Å²) in [4.78, 5) is 12.4. The van der Waals surface area contributed by atoms with Crippen molar-refractivity contribution < 1.29 is 0 Å². The van der Waals surface area contributed by atoms with Gasteiger partial charge in [-0.25, -0.2) is 9.98 Å². The number of allylic oxidation sites excluding steroid dienone is 1. The van der Waals surface area contributed by atoms with E-state index >= 15 is 0 Å². The van der Waals surface area contributed by atoms with E-state index in [1.165, 1.54) is 24.1 Å². The van der Waals surface area contributed by atoms with Crippen LogP contribution in [0.1, 0.15) is 43.2 Å². The minimum Gasteiger partial charge on any atom is -0.357 e. The highest BCUT2D eigenvalue weighted by Crippen LogP contribution is 2.13. The fraction of sp³-hybridized carbons (Fsp3) is 0.625. The maximum Gasteiger partial charge on any atom is 0.194 e. The summed E-state index contributed by atoms with van der Waals surface area (Å²) in [5.41, 5.74) is 2.97. The Morgan fingerprint density at radius 1 is 1.48 bits per heavy atom. The van der Waals surface area contributed by atoms with Crippen LogP contribution in [0.3, 0.4) is 0 Å². The van der Waals surface area contributed by atoms with Gasteiger partial charge < -0.3 is 10.2 Å². The van der Waals surface area contributed by atoms with Crippen molar-refractivity contribution in [3.8, 4) is 0 Å². The summed E-state index contributed by atoms with van der Waals surface area (Å²) in [5.74, 6) is 0.981. The molecule has 0 amide bonds. The molecule has 0 spiro atoms. The van der Waals surface area contributed by atoms with Crippen LogP contribution in [0.25, 0.3) is 0 Å². The van der Waals surface area contributed by atoms with Crippen molar-refractivity contribution in [3.05, 3.63) is 28.7 Å². The molecule has 1 aromatic heterocycles. The number of unbranched alkanes of at least 4 members (excludes halogenated alkanes) is 3. The lowest BCUT2D eigenvalue weighted by Crippen LogP contribution is -2.39. The highest BCUT2D eigenvalue weighted by atomic mass is 32.1. The summed E-state index contributed by atoms with van der Waals surface area (Å²) in [6, 6.07) is 0. The minimum atomic E-state index is 0.708. The van der Waals surface area contributed by atoms with Crippen molar-refractivity contribution in [1.82, 2.24) is 15.2 Å². The molecule has 4 nitrogen and oxygen atoms in total. The molecule has 0 bridgehead atoms. The Kier molecular flexibility index (Phi) is 8.74. The number of thiazole rings is 1. The van der Waals surface area contributed by atoms with E-state index in [4.69, 9.17) is 4.99 Å². The second-order valence-corrected chi connectivity index (χ2v) is 6.03. The van der Waals surface area contributed by atoms with E-state index in [9.17, 15) is 0 Å². The van der Waals surface area contributed by atoms with Gasteiger partial charge in [-0.1, -0.05) is 12.5 Å². The molecular weight excluding hydrogens is 280 g/mol. The molecule has 0 saturated heterocycles. The van der Waals surface area contributed by atoms with Crippen LogP contribution in [0.2, 0.25) is 0 Å². The Morgan fingerprint density at radius 2 is 2.29 bits per heavy atom. The summed E-state index contributed by atoms with van der Waals surface area (Å²) >= 11 is 1.67. The summed E-state index contributed by atoms with van der Waals surface area (Å²) in [6.45, 7) is 10.5. The molecular formula is C16H28N4S. The summed E-state index contributed by atoms with van der Waals surface area (Å²) in [6.07, 6.45) is 6.76. The normalized spacial score (nSPS) is 11.5. The van der Waals surface area contributed by atoms with E-state index in [0.29, 0.717) is 6.54 Å². The van der Waals surface area contributed by atoms with Gasteiger partial charge in [-0.15, -0.1) is 17.9 Å². The van der Waals surface area contributed by atoms with Crippen molar-refractivity contribution in [2.45, 2.75) is 46.1 Å². The molecule has 0 atom stereocenters. The van der Waals surface area contributed by atoms with Crippen LogP contribution in [-0.4, -0.2) is 36.0 Å². The number of guanidine groups is 1. The van der Waals surface area contributed by atoms with E-state index in [2.05, 4.69) is 35.8 Å². The molecule has 118 valence electrons. The summed E-state index contributed by atoms with van der Waals surface area (Å²) in [5, 5.41) is 3.36. The predicted octanol–water partition coefficient (Wildman–Crippen LogP) is 3.60. The fourth-order valence-corrected chi connectivity index (χ4v) is 2.72. The number of rotatable bonds is 9. The Bertz CT molecular complexity index is 439. The van der Waals surface area contributed by atoms with E-state index in [0.717, 1.165) is 31.2 Å². The van der Waals surface area contributed by atoms with Gasteiger partial charge in [-0.05, 0) is 33.1 Å². The summed E-state index contributed by atoms with van der Waals surface area (Å²) in [7, 11) is 2.11. The van der Waals surface area contributed by atoms with Gasteiger partial charge in [-0.2, -0.15) is 0 Å². The van der Waals surface area contributed by atoms with Gasteiger partial charge in [-0.3, -0.25) is 0 Å². The predicted molar refractivity (Wildman–Crippen MR) is 93.0 cm³/mol. The molecule has 1 rings (SSSR count). The van der Waals surface area contributed by atoms with Crippen molar-refractivity contribution in [2.75, 3.05) is 20.1 Å². The first-order valence-electron chi connectivity index (χ1n) is 7.68. The Balaban J connectivity index is 2.46. The van der Waals surface area contributed by atoms with Crippen LogP contribution in [0.5, 0.6) is 0 Å². The van der Waals surface area contributed by atoms with Crippen molar-refractivity contribution >= 4 is 17.3 Å². The molecule has 1 heterocycles. The molecule has 0 aliphatic rings. The zero-order valence-electron chi connectivity index (χ0n) is 13.6. The maximum absolute atomic E-state index is 4.72. The smallest absolute Gasteiger partial charge is 0.194 e. The van der Waals surface area contributed by atoms with Crippen molar-refractivity contribution in [2.24, 2.45) is 4.99 Å². The van der Waals surface area contributed by atoms with E-state index in [1.807, 2.05) is 18.5 Å². The SMILES string of the molecule is C=CCCCCCN(C)C(=NCc1scnc1C)NCC. The van der Waals surface area contributed by atoms with Crippen LogP contribution in [-0.2, 0) is 6.54 Å². The lowest BCUT2D eigenvalue weighted by Gasteiger charge is -2.22. The largest absolute Gasteiger partial charge is 0.357 e. The average Bonchev–Trinajstić information content (AvgIpc) is 2.88. The van der Waals surface area contributed by atoms with Crippen LogP contribution >= 0.6 is 11.3 Å². The highest BCUT2D eigenvalue weighted by molar-refractivity contribution is 7.09. The third kappa shape index (κ3) is 6.76. The van der Waals surface area contributed by atoms with Crippen LogP contribution in [0, 0.1) is 6.92 Å². The zero-order valence-corrected chi connectivity index (χ0v) is 14.4. The first-order valence-corrected chi connectivity index (χ1v) is 8.56. The van der Waals surface area contributed by atoms with Crippen LogP contribution < -0.4 is 5.32 Å².